The molecule has 0 saturated carbocycles. The number of amides is 1. The summed E-state index contributed by atoms with van der Waals surface area (Å²) in [7, 11) is -4.09. The quantitative estimate of drug-likeness (QED) is 0.870. The first kappa shape index (κ1) is 18.1. The SMILES string of the molecule is Cc1cc(C)c(NC(=O)CNS(=O)(=O)c2ccccc2F)c(C)c1. The third kappa shape index (κ3) is 4.18. The average Bonchev–Trinajstić information content (AvgIpc) is 2.49. The van der Waals surface area contributed by atoms with Crippen LogP contribution in [0.5, 0.6) is 0 Å². The fraction of sp³-hybridized carbons (Fsp3) is 0.235. The van der Waals surface area contributed by atoms with E-state index in [2.05, 4.69) is 10.0 Å². The van der Waals surface area contributed by atoms with Crippen molar-refractivity contribution in [2.24, 2.45) is 0 Å². The van der Waals surface area contributed by atoms with Crippen LogP contribution in [-0.2, 0) is 14.8 Å². The number of aryl methyl sites for hydroxylation is 3. The predicted molar refractivity (Wildman–Crippen MR) is 90.9 cm³/mol. The first-order chi connectivity index (χ1) is 11.2. The third-order valence-electron chi connectivity index (χ3n) is 3.49. The molecule has 0 spiro atoms. The molecule has 0 unspecified atom stereocenters. The molecule has 7 heteroatoms. The number of nitrogens with one attached hydrogen (secondary N) is 2. The summed E-state index contributed by atoms with van der Waals surface area (Å²) in [6.07, 6.45) is 0. The van der Waals surface area contributed by atoms with Crippen LogP contribution in [0.1, 0.15) is 16.7 Å². The van der Waals surface area contributed by atoms with Crippen LogP contribution in [0.15, 0.2) is 41.3 Å². The van der Waals surface area contributed by atoms with E-state index < -0.39 is 33.2 Å². The minimum atomic E-state index is -4.09. The van der Waals surface area contributed by atoms with Crippen molar-refractivity contribution in [3.8, 4) is 0 Å². The van der Waals surface area contributed by atoms with Crippen LogP contribution in [0.3, 0.4) is 0 Å². The Morgan fingerprint density at radius 3 is 2.25 bits per heavy atom. The maximum atomic E-state index is 13.6. The number of benzene rings is 2. The van der Waals surface area contributed by atoms with Gasteiger partial charge in [0.2, 0.25) is 15.9 Å². The highest BCUT2D eigenvalue weighted by atomic mass is 32.2. The molecule has 0 fully saturated rings. The largest absolute Gasteiger partial charge is 0.324 e. The second-order valence-electron chi connectivity index (χ2n) is 5.58. The van der Waals surface area contributed by atoms with Crippen molar-refractivity contribution in [2.75, 3.05) is 11.9 Å². The topological polar surface area (TPSA) is 75.3 Å². The standard InChI is InChI=1S/C17H19FN2O3S/c1-11-8-12(2)17(13(3)9-11)20-16(21)10-19-24(22,23)15-7-5-4-6-14(15)18/h4-9,19H,10H2,1-3H3,(H,20,21). The van der Waals surface area contributed by atoms with Crippen molar-refractivity contribution in [3.63, 3.8) is 0 Å². The van der Waals surface area contributed by atoms with Gasteiger partial charge in [0.25, 0.3) is 0 Å². The molecule has 5 nitrogen and oxygen atoms in total. The summed E-state index contributed by atoms with van der Waals surface area (Å²) in [6.45, 7) is 5.19. The van der Waals surface area contributed by atoms with Gasteiger partial charge in [0, 0.05) is 5.69 Å². The Balaban J connectivity index is 2.08. The number of anilines is 1. The maximum absolute atomic E-state index is 13.6. The highest BCUT2D eigenvalue weighted by Crippen LogP contribution is 2.21. The molecule has 0 radical (unpaired) electrons. The van der Waals surface area contributed by atoms with Crippen molar-refractivity contribution in [2.45, 2.75) is 25.7 Å². The molecule has 0 heterocycles. The molecule has 0 aliphatic carbocycles. The molecule has 0 aliphatic heterocycles. The Morgan fingerprint density at radius 1 is 1.08 bits per heavy atom. The van der Waals surface area contributed by atoms with E-state index in [0.717, 1.165) is 28.8 Å². The lowest BCUT2D eigenvalue weighted by Crippen LogP contribution is -2.33. The van der Waals surface area contributed by atoms with Crippen LogP contribution in [-0.4, -0.2) is 20.9 Å². The van der Waals surface area contributed by atoms with Gasteiger partial charge >= 0.3 is 0 Å². The Morgan fingerprint density at radius 2 is 1.67 bits per heavy atom. The molecule has 0 aromatic heterocycles. The first-order valence-electron chi connectivity index (χ1n) is 7.32. The molecule has 2 aromatic carbocycles. The number of carbonyl (C=O) groups excluding carboxylic acids is 1. The van der Waals surface area contributed by atoms with E-state index in [1.54, 1.807) is 0 Å². The first-order valence-corrected chi connectivity index (χ1v) is 8.81. The normalized spacial score (nSPS) is 11.3. The molecule has 0 bridgehead atoms. The monoisotopic (exact) mass is 350 g/mol. The Kier molecular flexibility index (Phi) is 5.36. The molecule has 0 atom stereocenters. The lowest BCUT2D eigenvalue weighted by Gasteiger charge is -2.13. The highest BCUT2D eigenvalue weighted by molar-refractivity contribution is 7.89. The van der Waals surface area contributed by atoms with Crippen LogP contribution in [0.2, 0.25) is 0 Å². The summed E-state index contributed by atoms with van der Waals surface area (Å²) in [6, 6.07) is 8.84. The van der Waals surface area contributed by atoms with E-state index in [-0.39, 0.29) is 0 Å². The second kappa shape index (κ2) is 7.11. The van der Waals surface area contributed by atoms with E-state index in [4.69, 9.17) is 0 Å². The number of rotatable bonds is 5. The summed E-state index contributed by atoms with van der Waals surface area (Å²) in [5.74, 6) is -1.39. The summed E-state index contributed by atoms with van der Waals surface area (Å²) in [5, 5.41) is 2.68. The van der Waals surface area contributed by atoms with Crippen molar-refractivity contribution < 1.29 is 17.6 Å². The van der Waals surface area contributed by atoms with Crippen LogP contribution < -0.4 is 10.0 Å². The minimum absolute atomic E-state index is 0.483. The fourth-order valence-electron chi connectivity index (χ4n) is 2.46. The van der Waals surface area contributed by atoms with Crippen LogP contribution >= 0.6 is 0 Å². The average molecular weight is 350 g/mol. The van der Waals surface area contributed by atoms with Crippen LogP contribution in [0.4, 0.5) is 10.1 Å². The van der Waals surface area contributed by atoms with Crippen LogP contribution in [0.25, 0.3) is 0 Å². The number of halogens is 1. The molecule has 0 saturated heterocycles. The van der Waals surface area contributed by atoms with Gasteiger partial charge in [-0.15, -0.1) is 0 Å². The molecule has 2 rings (SSSR count). The molecule has 128 valence electrons. The number of hydrogen-bond donors (Lipinski definition) is 2. The molecule has 24 heavy (non-hydrogen) atoms. The lowest BCUT2D eigenvalue weighted by atomic mass is 10.1. The Hall–Kier alpha value is -2.25. The Bertz CT molecular complexity index is 856. The van der Waals surface area contributed by atoms with Crippen molar-refractivity contribution >= 4 is 21.6 Å². The second-order valence-corrected chi connectivity index (χ2v) is 7.31. The zero-order valence-electron chi connectivity index (χ0n) is 13.7. The number of carbonyl (C=O) groups is 1. The summed E-state index contributed by atoms with van der Waals surface area (Å²) in [5.41, 5.74) is 3.49. The van der Waals surface area contributed by atoms with Crippen molar-refractivity contribution in [1.82, 2.24) is 4.72 Å². The Labute approximate surface area is 141 Å². The van der Waals surface area contributed by atoms with Gasteiger partial charge in [-0.1, -0.05) is 29.8 Å². The zero-order valence-corrected chi connectivity index (χ0v) is 14.5. The molecule has 2 aromatic rings. The van der Waals surface area contributed by atoms with Gasteiger partial charge in [-0.2, -0.15) is 0 Å². The van der Waals surface area contributed by atoms with E-state index >= 15 is 0 Å². The number of sulfonamides is 1. The zero-order chi connectivity index (χ0) is 17.9. The van der Waals surface area contributed by atoms with E-state index in [1.165, 1.54) is 12.1 Å². The van der Waals surface area contributed by atoms with Crippen molar-refractivity contribution in [1.29, 1.82) is 0 Å². The van der Waals surface area contributed by atoms with Gasteiger partial charge in [0.1, 0.15) is 10.7 Å². The van der Waals surface area contributed by atoms with E-state index in [9.17, 15) is 17.6 Å². The molecular formula is C17H19FN2O3S. The van der Waals surface area contributed by atoms with Gasteiger partial charge < -0.3 is 5.32 Å². The minimum Gasteiger partial charge on any atom is -0.324 e. The summed E-state index contributed by atoms with van der Waals surface area (Å²) in [4.78, 5) is 11.5. The van der Waals surface area contributed by atoms with Gasteiger partial charge in [-0.3, -0.25) is 4.79 Å². The van der Waals surface area contributed by atoms with E-state index in [0.29, 0.717) is 5.69 Å². The van der Waals surface area contributed by atoms with Gasteiger partial charge in [0.15, 0.2) is 0 Å². The van der Waals surface area contributed by atoms with E-state index in [1.807, 2.05) is 32.9 Å². The molecule has 1 amide bonds. The lowest BCUT2D eigenvalue weighted by molar-refractivity contribution is -0.115. The summed E-state index contributed by atoms with van der Waals surface area (Å²) >= 11 is 0. The number of hydrogen-bond acceptors (Lipinski definition) is 3. The van der Waals surface area contributed by atoms with Gasteiger partial charge in [-0.05, 0) is 44.0 Å². The van der Waals surface area contributed by atoms with Gasteiger partial charge in [-0.25, -0.2) is 17.5 Å². The smallest absolute Gasteiger partial charge is 0.243 e. The predicted octanol–water partition coefficient (Wildman–Crippen LogP) is 2.67. The molecule has 2 N–H and O–H groups in total. The molecule has 0 aliphatic rings. The molecular weight excluding hydrogens is 331 g/mol. The van der Waals surface area contributed by atoms with Crippen LogP contribution in [0, 0.1) is 26.6 Å². The highest BCUT2D eigenvalue weighted by Gasteiger charge is 2.19. The van der Waals surface area contributed by atoms with Crippen molar-refractivity contribution in [3.05, 3.63) is 58.9 Å². The van der Waals surface area contributed by atoms with Gasteiger partial charge in [0.05, 0.1) is 6.54 Å². The summed E-state index contributed by atoms with van der Waals surface area (Å²) < 4.78 is 39.8. The maximum Gasteiger partial charge on any atom is 0.243 e. The third-order valence-corrected chi connectivity index (χ3v) is 4.92. The fourth-order valence-corrected chi connectivity index (χ4v) is 3.52.